The first-order valence-corrected chi connectivity index (χ1v) is 7.41. The standard InChI is InChI=1S/C11H22N2O2S/c1-10(16(15)9-5-6-12)11(14)13-7-3-2-4-8-13/h10H,2-9,12H2,1H3. The molecule has 2 unspecified atom stereocenters. The van der Waals surface area contributed by atoms with Gasteiger partial charge in [0.2, 0.25) is 5.91 Å². The second kappa shape index (κ2) is 7.01. The number of nitrogens with two attached hydrogens (primary N) is 1. The van der Waals surface area contributed by atoms with Gasteiger partial charge in [-0.15, -0.1) is 0 Å². The molecule has 94 valence electrons. The third-order valence-electron chi connectivity index (χ3n) is 2.96. The van der Waals surface area contributed by atoms with Crippen molar-refractivity contribution in [3.63, 3.8) is 0 Å². The summed E-state index contributed by atoms with van der Waals surface area (Å²) in [5.74, 6) is 0.590. The van der Waals surface area contributed by atoms with Crippen LogP contribution in [0.1, 0.15) is 32.6 Å². The van der Waals surface area contributed by atoms with E-state index in [2.05, 4.69) is 0 Å². The number of carbonyl (C=O) groups excluding carboxylic acids is 1. The van der Waals surface area contributed by atoms with Crippen LogP contribution >= 0.6 is 0 Å². The van der Waals surface area contributed by atoms with Crippen molar-refractivity contribution in [1.29, 1.82) is 0 Å². The van der Waals surface area contributed by atoms with Crippen LogP contribution in [0.5, 0.6) is 0 Å². The topological polar surface area (TPSA) is 63.4 Å². The minimum Gasteiger partial charge on any atom is -0.342 e. The van der Waals surface area contributed by atoms with Gasteiger partial charge in [-0.25, -0.2) is 0 Å². The minimum atomic E-state index is -1.07. The summed E-state index contributed by atoms with van der Waals surface area (Å²) in [4.78, 5) is 13.9. The summed E-state index contributed by atoms with van der Waals surface area (Å²) in [6.45, 7) is 3.97. The largest absolute Gasteiger partial charge is 0.342 e. The van der Waals surface area contributed by atoms with Crippen LogP contribution in [-0.2, 0) is 15.6 Å². The number of hydrogen-bond donors (Lipinski definition) is 1. The quantitative estimate of drug-likeness (QED) is 0.767. The number of nitrogens with zero attached hydrogens (tertiary/aromatic N) is 1. The van der Waals surface area contributed by atoms with Crippen LogP contribution in [0.2, 0.25) is 0 Å². The van der Waals surface area contributed by atoms with E-state index in [0.717, 1.165) is 32.4 Å². The molecule has 0 aromatic rings. The van der Waals surface area contributed by atoms with Crippen molar-refractivity contribution in [3.05, 3.63) is 0 Å². The molecule has 0 saturated carbocycles. The maximum Gasteiger partial charge on any atom is 0.238 e. The zero-order valence-corrected chi connectivity index (χ0v) is 10.8. The zero-order valence-electron chi connectivity index (χ0n) is 9.98. The number of carbonyl (C=O) groups is 1. The molecule has 0 aliphatic carbocycles. The van der Waals surface area contributed by atoms with Gasteiger partial charge >= 0.3 is 0 Å². The van der Waals surface area contributed by atoms with Crippen molar-refractivity contribution < 1.29 is 9.00 Å². The first-order chi connectivity index (χ1) is 7.66. The normalized spacial score (nSPS) is 20.5. The number of amides is 1. The molecule has 0 radical (unpaired) electrons. The number of hydrogen-bond acceptors (Lipinski definition) is 3. The molecular weight excluding hydrogens is 224 g/mol. The Morgan fingerprint density at radius 3 is 2.56 bits per heavy atom. The first-order valence-electron chi connectivity index (χ1n) is 6.03. The Kier molecular flexibility index (Phi) is 5.98. The van der Waals surface area contributed by atoms with Gasteiger partial charge in [-0.2, -0.15) is 0 Å². The van der Waals surface area contributed by atoms with Crippen molar-refractivity contribution in [2.75, 3.05) is 25.4 Å². The molecule has 0 aromatic heterocycles. The lowest BCUT2D eigenvalue weighted by Crippen LogP contribution is -2.43. The fourth-order valence-corrected chi connectivity index (χ4v) is 3.06. The molecule has 1 heterocycles. The van der Waals surface area contributed by atoms with Gasteiger partial charge in [0, 0.05) is 29.6 Å². The molecule has 1 rings (SSSR count). The van der Waals surface area contributed by atoms with Crippen molar-refractivity contribution in [1.82, 2.24) is 4.90 Å². The van der Waals surface area contributed by atoms with Crippen LogP contribution in [0, 0.1) is 0 Å². The highest BCUT2D eigenvalue weighted by Crippen LogP contribution is 2.12. The van der Waals surface area contributed by atoms with E-state index in [1.807, 2.05) is 4.90 Å². The average Bonchev–Trinajstić information content (AvgIpc) is 2.35. The Hall–Kier alpha value is -0.420. The van der Waals surface area contributed by atoms with Crippen molar-refractivity contribution >= 4 is 16.7 Å². The Balaban J connectivity index is 2.42. The summed E-state index contributed by atoms with van der Waals surface area (Å²) >= 11 is 0. The van der Waals surface area contributed by atoms with Crippen molar-refractivity contribution in [2.24, 2.45) is 5.73 Å². The molecule has 1 amide bonds. The molecule has 4 nitrogen and oxygen atoms in total. The van der Waals surface area contributed by atoms with E-state index in [-0.39, 0.29) is 11.2 Å². The molecule has 1 saturated heterocycles. The third-order valence-corrected chi connectivity index (χ3v) is 4.64. The summed E-state index contributed by atoms with van der Waals surface area (Å²) in [6.07, 6.45) is 4.08. The first kappa shape index (κ1) is 13.6. The highest BCUT2D eigenvalue weighted by Gasteiger charge is 2.25. The molecule has 0 aromatic carbocycles. The lowest BCUT2D eigenvalue weighted by molar-refractivity contribution is -0.131. The molecule has 2 atom stereocenters. The molecule has 16 heavy (non-hydrogen) atoms. The smallest absolute Gasteiger partial charge is 0.238 e. The Morgan fingerprint density at radius 1 is 1.38 bits per heavy atom. The van der Waals surface area contributed by atoms with Crippen molar-refractivity contribution in [2.45, 2.75) is 37.9 Å². The van der Waals surface area contributed by atoms with Crippen LogP contribution in [-0.4, -0.2) is 45.7 Å². The van der Waals surface area contributed by atoms with E-state index >= 15 is 0 Å². The van der Waals surface area contributed by atoms with Gasteiger partial charge in [0.25, 0.3) is 0 Å². The third kappa shape index (κ3) is 3.87. The second-order valence-corrected chi connectivity index (χ2v) is 6.13. The molecule has 0 spiro atoms. The SMILES string of the molecule is CC(C(=O)N1CCCCC1)S(=O)CCCN. The summed E-state index contributed by atoms with van der Waals surface area (Å²) < 4.78 is 11.8. The second-order valence-electron chi connectivity index (χ2n) is 4.26. The Bertz CT molecular complexity index is 252. The Labute approximate surface area is 100 Å². The molecular formula is C11H22N2O2S. The fourth-order valence-electron chi connectivity index (χ4n) is 1.89. The van der Waals surface area contributed by atoms with E-state index in [1.165, 1.54) is 6.42 Å². The summed E-state index contributed by atoms with van der Waals surface area (Å²) in [5.41, 5.74) is 5.37. The lowest BCUT2D eigenvalue weighted by atomic mass is 10.1. The number of likely N-dealkylation sites (tertiary alicyclic amines) is 1. The van der Waals surface area contributed by atoms with Crippen LogP contribution in [0.15, 0.2) is 0 Å². The monoisotopic (exact) mass is 246 g/mol. The molecule has 0 bridgehead atoms. The average molecular weight is 246 g/mol. The van der Waals surface area contributed by atoms with Gasteiger partial charge in [0.1, 0.15) is 5.25 Å². The highest BCUT2D eigenvalue weighted by atomic mass is 32.2. The Morgan fingerprint density at radius 2 is 2.00 bits per heavy atom. The van der Waals surface area contributed by atoms with Crippen LogP contribution in [0.4, 0.5) is 0 Å². The van der Waals surface area contributed by atoms with E-state index in [9.17, 15) is 9.00 Å². The van der Waals surface area contributed by atoms with Gasteiger partial charge in [-0.3, -0.25) is 9.00 Å². The van der Waals surface area contributed by atoms with Gasteiger partial charge in [0.05, 0.1) is 0 Å². The molecule has 1 aliphatic rings. The number of rotatable bonds is 5. The summed E-state index contributed by atoms with van der Waals surface area (Å²) in [6, 6.07) is 0. The zero-order chi connectivity index (χ0) is 12.0. The van der Waals surface area contributed by atoms with Crippen molar-refractivity contribution in [3.8, 4) is 0 Å². The van der Waals surface area contributed by atoms with Gasteiger partial charge in [-0.1, -0.05) is 0 Å². The van der Waals surface area contributed by atoms with Crippen LogP contribution in [0.3, 0.4) is 0 Å². The lowest BCUT2D eigenvalue weighted by Gasteiger charge is -2.28. The molecule has 2 N–H and O–H groups in total. The van der Waals surface area contributed by atoms with Crippen LogP contribution in [0.25, 0.3) is 0 Å². The minimum absolute atomic E-state index is 0.0510. The fraction of sp³-hybridized carbons (Fsp3) is 0.909. The maximum atomic E-state index is 12.0. The molecule has 1 aliphatic heterocycles. The van der Waals surface area contributed by atoms with Gasteiger partial charge < -0.3 is 10.6 Å². The molecule has 5 heteroatoms. The predicted molar refractivity (Wildman–Crippen MR) is 66.6 cm³/mol. The van der Waals surface area contributed by atoms with E-state index in [0.29, 0.717) is 12.3 Å². The highest BCUT2D eigenvalue weighted by molar-refractivity contribution is 7.86. The maximum absolute atomic E-state index is 12.0. The van der Waals surface area contributed by atoms with E-state index in [4.69, 9.17) is 5.73 Å². The summed E-state index contributed by atoms with van der Waals surface area (Å²) in [7, 11) is -1.07. The molecule has 1 fully saturated rings. The van der Waals surface area contributed by atoms with Crippen LogP contribution < -0.4 is 5.73 Å². The predicted octanol–water partition coefficient (Wildman–Crippen LogP) is 0.485. The van der Waals surface area contributed by atoms with Gasteiger partial charge in [-0.05, 0) is 39.2 Å². The summed E-state index contributed by atoms with van der Waals surface area (Å²) in [5, 5.41) is -0.371. The number of piperidine rings is 1. The van der Waals surface area contributed by atoms with E-state index in [1.54, 1.807) is 6.92 Å². The van der Waals surface area contributed by atoms with Gasteiger partial charge in [0.15, 0.2) is 0 Å². The van der Waals surface area contributed by atoms with E-state index < -0.39 is 10.8 Å².